The van der Waals surface area contributed by atoms with Crippen LogP contribution in [-0.2, 0) is 15.3 Å². The molecule has 0 atom stereocenters. The summed E-state index contributed by atoms with van der Waals surface area (Å²) in [5.41, 5.74) is 0.457. The Morgan fingerprint density at radius 3 is 2.52 bits per heavy atom. The molecule has 0 aromatic heterocycles. The molecule has 0 radical (unpaired) electrons. The molecule has 0 aliphatic heterocycles. The van der Waals surface area contributed by atoms with E-state index in [2.05, 4.69) is 15.6 Å². The molecule has 0 fully saturated rings. The van der Waals surface area contributed by atoms with Gasteiger partial charge in [-0.2, -0.15) is 0 Å². The first kappa shape index (κ1) is 19.7. The van der Waals surface area contributed by atoms with Crippen LogP contribution in [0, 0.1) is 5.82 Å². The Kier molecular flexibility index (Phi) is 6.83. The molecule has 1 aromatic carbocycles. The van der Waals surface area contributed by atoms with Crippen molar-refractivity contribution in [2.45, 2.75) is 19.3 Å². The minimum atomic E-state index is -3.02. The van der Waals surface area contributed by atoms with E-state index in [1.54, 1.807) is 13.1 Å². The average molecular weight is 364 g/mol. The van der Waals surface area contributed by atoms with Gasteiger partial charge in [-0.1, -0.05) is 31.5 Å². The van der Waals surface area contributed by atoms with Crippen LogP contribution in [0.1, 0.15) is 19.4 Å². The van der Waals surface area contributed by atoms with Crippen LogP contribution >= 0.6 is 11.6 Å². The number of hydrogen-bond donors (Lipinski definition) is 2. The zero-order valence-corrected chi connectivity index (χ0v) is 15.4. The van der Waals surface area contributed by atoms with Gasteiger partial charge >= 0.3 is 0 Å². The molecular formula is C15H23ClFN3O2S. The second kappa shape index (κ2) is 7.97. The monoisotopic (exact) mass is 363 g/mol. The highest BCUT2D eigenvalue weighted by atomic mass is 35.5. The molecule has 23 heavy (non-hydrogen) atoms. The van der Waals surface area contributed by atoms with E-state index in [9.17, 15) is 12.8 Å². The SMILES string of the molecule is CN=C(NCCS(C)(=O)=O)NCC(C)(C)c1ccc(F)cc1Cl. The van der Waals surface area contributed by atoms with Crippen LogP contribution in [0.3, 0.4) is 0 Å². The van der Waals surface area contributed by atoms with Gasteiger partial charge in [0.25, 0.3) is 0 Å². The maximum Gasteiger partial charge on any atom is 0.191 e. The van der Waals surface area contributed by atoms with Crippen molar-refractivity contribution in [3.63, 3.8) is 0 Å². The lowest BCUT2D eigenvalue weighted by Gasteiger charge is -2.27. The van der Waals surface area contributed by atoms with Crippen LogP contribution in [0.5, 0.6) is 0 Å². The predicted molar refractivity (Wildman–Crippen MR) is 93.5 cm³/mol. The van der Waals surface area contributed by atoms with Gasteiger partial charge in [-0.25, -0.2) is 12.8 Å². The van der Waals surface area contributed by atoms with Crippen molar-refractivity contribution in [3.8, 4) is 0 Å². The highest BCUT2D eigenvalue weighted by Gasteiger charge is 2.24. The summed E-state index contributed by atoms with van der Waals surface area (Å²) in [6.45, 7) is 4.72. The first-order valence-electron chi connectivity index (χ1n) is 7.13. The van der Waals surface area contributed by atoms with E-state index < -0.39 is 9.84 Å². The summed E-state index contributed by atoms with van der Waals surface area (Å²) < 4.78 is 35.4. The number of benzene rings is 1. The van der Waals surface area contributed by atoms with Crippen LogP contribution in [0.2, 0.25) is 5.02 Å². The van der Waals surface area contributed by atoms with Gasteiger partial charge in [0, 0.05) is 36.8 Å². The fourth-order valence-corrected chi connectivity index (χ4v) is 2.91. The summed E-state index contributed by atoms with van der Waals surface area (Å²) in [7, 11) is -1.42. The van der Waals surface area contributed by atoms with E-state index in [0.29, 0.717) is 17.5 Å². The maximum absolute atomic E-state index is 13.2. The van der Waals surface area contributed by atoms with E-state index >= 15 is 0 Å². The van der Waals surface area contributed by atoms with Crippen LogP contribution in [0.15, 0.2) is 23.2 Å². The van der Waals surface area contributed by atoms with Crippen LogP contribution < -0.4 is 10.6 Å². The first-order valence-corrected chi connectivity index (χ1v) is 9.57. The van der Waals surface area contributed by atoms with Crippen molar-refractivity contribution in [2.24, 2.45) is 4.99 Å². The molecule has 5 nitrogen and oxygen atoms in total. The van der Waals surface area contributed by atoms with Crippen LogP contribution in [-0.4, -0.2) is 46.5 Å². The lowest BCUT2D eigenvalue weighted by Crippen LogP contribution is -2.44. The van der Waals surface area contributed by atoms with Crippen molar-refractivity contribution in [3.05, 3.63) is 34.6 Å². The van der Waals surface area contributed by atoms with Crippen molar-refractivity contribution in [1.82, 2.24) is 10.6 Å². The molecule has 0 heterocycles. The number of sulfone groups is 1. The Bertz CT molecular complexity index is 675. The summed E-state index contributed by atoms with van der Waals surface area (Å²) in [5.74, 6) is 0.154. The normalized spacial score (nSPS) is 13.0. The maximum atomic E-state index is 13.2. The molecule has 130 valence electrons. The number of rotatable bonds is 6. The Morgan fingerprint density at radius 1 is 1.35 bits per heavy atom. The molecule has 0 saturated carbocycles. The number of halogens is 2. The molecule has 0 aliphatic rings. The van der Waals surface area contributed by atoms with Gasteiger partial charge in [0.15, 0.2) is 5.96 Å². The smallest absolute Gasteiger partial charge is 0.191 e. The largest absolute Gasteiger partial charge is 0.356 e. The number of hydrogen-bond acceptors (Lipinski definition) is 3. The van der Waals surface area contributed by atoms with Gasteiger partial charge in [0.2, 0.25) is 0 Å². The molecule has 8 heteroatoms. The lowest BCUT2D eigenvalue weighted by molar-refractivity contribution is 0.507. The topological polar surface area (TPSA) is 70.6 Å². The zero-order chi connectivity index (χ0) is 17.7. The van der Waals surface area contributed by atoms with Gasteiger partial charge in [0.05, 0.1) is 5.75 Å². The second-order valence-corrected chi connectivity index (χ2v) is 8.66. The molecule has 1 rings (SSSR count). The van der Waals surface area contributed by atoms with Crippen molar-refractivity contribution in [2.75, 3.05) is 32.1 Å². The van der Waals surface area contributed by atoms with Crippen molar-refractivity contribution < 1.29 is 12.8 Å². The summed E-state index contributed by atoms with van der Waals surface area (Å²) in [5, 5.41) is 6.44. The van der Waals surface area contributed by atoms with Crippen molar-refractivity contribution >= 4 is 27.4 Å². The van der Waals surface area contributed by atoms with E-state index in [-0.39, 0.29) is 23.5 Å². The fourth-order valence-electron chi connectivity index (χ4n) is 2.01. The lowest BCUT2D eigenvalue weighted by atomic mass is 9.84. The van der Waals surface area contributed by atoms with E-state index in [0.717, 1.165) is 5.56 Å². The predicted octanol–water partition coefficient (Wildman–Crippen LogP) is 1.97. The molecule has 2 N–H and O–H groups in total. The number of aliphatic imine (C=N–C) groups is 1. The Balaban J connectivity index is 2.66. The quantitative estimate of drug-likeness (QED) is 0.598. The van der Waals surface area contributed by atoms with E-state index in [1.165, 1.54) is 18.4 Å². The molecular weight excluding hydrogens is 341 g/mol. The van der Waals surface area contributed by atoms with Gasteiger partial charge in [-0.15, -0.1) is 0 Å². The van der Waals surface area contributed by atoms with Crippen LogP contribution in [0.25, 0.3) is 0 Å². The Labute approximate surface area is 142 Å². The van der Waals surface area contributed by atoms with Crippen molar-refractivity contribution in [1.29, 1.82) is 0 Å². The summed E-state index contributed by atoms with van der Waals surface area (Å²) in [6, 6.07) is 4.33. The minimum absolute atomic E-state index is 0.0287. The Morgan fingerprint density at radius 2 is 2.00 bits per heavy atom. The molecule has 0 bridgehead atoms. The third-order valence-corrected chi connectivity index (χ3v) is 4.61. The van der Waals surface area contributed by atoms with Gasteiger partial charge in [-0.3, -0.25) is 4.99 Å². The summed E-state index contributed by atoms with van der Waals surface area (Å²) in [6.07, 6.45) is 1.19. The van der Waals surface area contributed by atoms with E-state index in [4.69, 9.17) is 11.6 Å². The summed E-state index contributed by atoms with van der Waals surface area (Å²) in [4.78, 5) is 4.05. The number of nitrogens with zero attached hydrogens (tertiary/aromatic N) is 1. The number of nitrogens with one attached hydrogen (secondary N) is 2. The van der Waals surface area contributed by atoms with Gasteiger partial charge in [-0.05, 0) is 17.7 Å². The number of guanidine groups is 1. The fraction of sp³-hybridized carbons (Fsp3) is 0.533. The highest BCUT2D eigenvalue weighted by molar-refractivity contribution is 7.90. The highest BCUT2D eigenvalue weighted by Crippen LogP contribution is 2.29. The molecule has 1 aromatic rings. The third kappa shape index (κ3) is 6.74. The molecule has 0 aliphatic carbocycles. The molecule has 0 spiro atoms. The van der Waals surface area contributed by atoms with Gasteiger partial charge in [0.1, 0.15) is 15.7 Å². The molecule has 0 saturated heterocycles. The summed E-state index contributed by atoms with van der Waals surface area (Å²) >= 11 is 6.12. The Hall–Kier alpha value is -1.34. The molecule has 0 unspecified atom stereocenters. The minimum Gasteiger partial charge on any atom is -0.356 e. The van der Waals surface area contributed by atoms with Crippen LogP contribution in [0.4, 0.5) is 4.39 Å². The van der Waals surface area contributed by atoms with Gasteiger partial charge < -0.3 is 10.6 Å². The first-order chi connectivity index (χ1) is 10.5. The average Bonchev–Trinajstić information content (AvgIpc) is 2.40. The third-order valence-electron chi connectivity index (χ3n) is 3.35. The zero-order valence-electron chi connectivity index (χ0n) is 13.8. The molecule has 0 amide bonds. The second-order valence-electron chi connectivity index (χ2n) is 5.99. The standard InChI is InChI=1S/C15H23ClFN3O2S/c1-15(2,12-6-5-11(17)9-13(12)16)10-20-14(18-3)19-7-8-23(4,21)22/h5-6,9H,7-8,10H2,1-4H3,(H2,18,19,20). The van der Waals surface area contributed by atoms with E-state index in [1.807, 2.05) is 13.8 Å².